The van der Waals surface area contributed by atoms with Gasteiger partial charge in [0.05, 0.1) is 25.2 Å². The molecule has 1 fully saturated rings. The molecule has 0 bridgehead atoms. The summed E-state index contributed by atoms with van der Waals surface area (Å²) in [6, 6.07) is 7.80. The van der Waals surface area contributed by atoms with Crippen LogP contribution < -0.4 is 9.64 Å². The number of hydrogen-bond acceptors (Lipinski definition) is 6. The largest absolute Gasteiger partial charge is 0.493 e. The van der Waals surface area contributed by atoms with Gasteiger partial charge in [0, 0.05) is 31.0 Å². The van der Waals surface area contributed by atoms with E-state index in [-0.39, 0.29) is 0 Å². The minimum Gasteiger partial charge on any atom is -0.493 e. The molecule has 0 spiro atoms. The van der Waals surface area contributed by atoms with E-state index in [1.165, 1.54) is 12.8 Å². The Kier molecular flexibility index (Phi) is 4.24. The van der Waals surface area contributed by atoms with E-state index in [9.17, 15) is 0 Å². The zero-order chi connectivity index (χ0) is 17.1. The van der Waals surface area contributed by atoms with Gasteiger partial charge in [-0.15, -0.1) is 0 Å². The fourth-order valence-electron chi connectivity index (χ4n) is 3.05. The smallest absolute Gasteiger partial charge is 0.178 e. The predicted octanol–water partition coefficient (Wildman–Crippen LogP) is 3.21. The maximum atomic E-state index is 5.47. The molecule has 0 saturated carbocycles. The van der Waals surface area contributed by atoms with Gasteiger partial charge in [-0.05, 0) is 31.0 Å². The van der Waals surface area contributed by atoms with Crippen LogP contribution in [0.15, 0.2) is 49.1 Å². The molecule has 1 aliphatic rings. The van der Waals surface area contributed by atoms with Gasteiger partial charge >= 0.3 is 0 Å². The third kappa shape index (κ3) is 3.15. The Balaban J connectivity index is 1.77. The van der Waals surface area contributed by atoms with Crippen LogP contribution in [0.3, 0.4) is 0 Å². The Hall–Kier alpha value is -3.02. The number of nitrogens with zero attached hydrogens (tertiary/aromatic N) is 5. The summed E-state index contributed by atoms with van der Waals surface area (Å²) >= 11 is 0. The van der Waals surface area contributed by atoms with Crippen LogP contribution in [0.5, 0.6) is 5.75 Å². The summed E-state index contributed by atoms with van der Waals surface area (Å²) in [5.41, 5.74) is 3.50. The van der Waals surface area contributed by atoms with Gasteiger partial charge in [-0.1, -0.05) is 6.07 Å². The summed E-state index contributed by atoms with van der Waals surface area (Å²) in [6.45, 7) is 2.15. The summed E-state index contributed by atoms with van der Waals surface area (Å²) in [5, 5.41) is 0. The molecule has 1 aliphatic heterocycles. The molecule has 3 aromatic heterocycles. The summed E-state index contributed by atoms with van der Waals surface area (Å²) in [7, 11) is 1.63. The van der Waals surface area contributed by atoms with Crippen molar-refractivity contribution >= 4 is 5.69 Å². The van der Waals surface area contributed by atoms with Gasteiger partial charge in [0.15, 0.2) is 11.6 Å². The van der Waals surface area contributed by atoms with Gasteiger partial charge < -0.3 is 9.64 Å². The van der Waals surface area contributed by atoms with Crippen molar-refractivity contribution in [1.82, 2.24) is 19.9 Å². The maximum absolute atomic E-state index is 5.47. The highest BCUT2D eigenvalue weighted by molar-refractivity contribution is 5.70. The van der Waals surface area contributed by atoms with E-state index in [0.29, 0.717) is 11.6 Å². The molecule has 0 radical (unpaired) electrons. The zero-order valence-electron chi connectivity index (χ0n) is 14.1. The molecule has 0 N–H and O–H groups in total. The second kappa shape index (κ2) is 6.84. The lowest BCUT2D eigenvalue weighted by Gasteiger charge is -2.18. The van der Waals surface area contributed by atoms with Crippen molar-refractivity contribution in [2.24, 2.45) is 0 Å². The van der Waals surface area contributed by atoms with Crippen LogP contribution in [0.25, 0.3) is 22.8 Å². The van der Waals surface area contributed by atoms with Crippen molar-refractivity contribution in [3.8, 4) is 28.5 Å². The number of aromatic nitrogens is 4. The fraction of sp³-hybridized carbons (Fsp3) is 0.263. The van der Waals surface area contributed by atoms with Crippen LogP contribution in [0.1, 0.15) is 12.8 Å². The lowest BCUT2D eigenvalue weighted by Crippen LogP contribution is -2.17. The molecular weight excluding hydrogens is 314 g/mol. The molecule has 4 heterocycles. The quantitative estimate of drug-likeness (QED) is 0.730. The van der Waals surface area contributed by atoms with Crippen molar-refractivity contribution in [2.45, 2.75) is 12.8 Å². The summed E-state index contributed by atoms with van der Waals surface area (Å²) < 4.78 is 5.47. The van der Waals surface area contributed by atoms with Crippen LogP contribution in [0, 0.1) is 0 Å². The third-order valence-electron chi connectivity index (χ3n) is 4.34. The molecule has 1 saturated heterocycles. The van der Waals surface area contributed by atoms with Crippen molar-refractivity contribution in [2.75, 3.05) is 25.1 Å². The van der Waals surface area contributed by atoms with E-state index >= 15 is 0 Å². The van der Waals surface area contributed by atoms with Crippen molar-refractivity contribution in [1.29, 1.82) is 0 Å². The number of ether oxygens (including phenoxy) is 1. The SMILES string of the molecule is COc1cnc(-c2ccccn2)nc1-c1cncc(N2CCCC2)c1. The number of pyridine rings is 2. The van der Waals surface area contributed by atoms with Crippen LogP contribution in [0.2, 0.25) is 0 Å². The summed E-state index contributed by atoms with van der Waals surface area (Å²) in [4.78, 5) is 20.2. The van der Waals surface area contributed by atoms with Crippen LogP contribution in [-0.2, 0) is 0 Å². The molecule has 6 nitrogen and oxygen atoms in total. The Morgan fingerprint density at radius 1 is 1.04 bits per heavy atom. The van der Waals surface area contributed by atoms with E-state index in [4.69, 9.17) is 9.72 Å². The highest BCUT2D eigenvalue weighted by Crippen LogP contribution is 2.31. The molecular formula is C19H19N5O. The minimum atomic E-state index is 0.572. The summed E-state index contributed by atoms with van der Waals surface area (Å²) in [6.07, 6.45) is 9.59. The molecule has 0 unspecified atom stereocenters. The van der Waals surface area contributed by atoms with Crippen LogP contribution in [-0.4, -0.2) is 40.1 Å². The van der Waals surface area contributed by atoms with Gasteiger partial charge in [0.25, 0.3) is 0 Å². The summed E-state index contributed by atoms with van der Waals surface area (Å²) in [5.74, 6) is 1.20. The van der Waals surface area contributed by atoms with Gasteiger partial charge in [-0.3, -0.25) is 9.97 Å². The Morgan fingerprint density at radius 3 is 2.68 bits per heavy atom. The number of rotatable bonds is 4. The molecule has 3 aromatic rings. The average molecular weight is 333 g/mol. The lowest BCUT2D eigenvalue weighted by molar-refractivity contribution is 0.413. The topological polar surface area (TPSA) is 64.0 Å². The predicted molar refractivity (Wildman–Crippen MR) is 96.5 cm³/mol. The normalized spacial score (nSPS) is 13.9. The number of methoxy groups -OCH3 is 1. The Bertz CT molecular complexity index is 863. The standard InChI is InChI=1S/C19H19N5O/c1-25-17-13-22-19(16-6-2-3-7-21-16)23-18(17)14-10-15(12-20-11-14)24-8-4-5-9-24/h2-3,6-7,10-13H,4-5,8-9H2,1H3. The minimum absolute atomic E-state index is 0.572. The molecule has 0 aromatic carbocycles. The van der Waals surface area contributed by atoms with E-state index in [2.05, 4.69) is 25.9 Å². The second-order valence-electron chi connectivity index (χ2n) is 5.95. The molecule has 126 valence electrons. The van der Waals surface area contributed by atoms with Gasteiger partial charge in [-0.25, -0.2) is 9.97 Å². The van der Waals surface area contributed by atoms with Crippen molar-refractivity contribution < 1.29 is 4.74 Å². The maximum Gasteiger partial charge on any atom is 0.178 e. The van der Waals surface area contributed by atoms with Crippen LogP contribution in [0.4, 0.5) is 5.69 Å². The van der Waals surface area contributed by atoms with Crippen molar-refractivity contribution in [3.63, 3.8) is 0 Å². The highest BCUT2D eigenvalue weighted by atomic mass is 16.5. The van der Waals surface area contributed by atoms with E-state index in [0.717, 1.165) is 35.7 Å². The first-order chi connectivity index (χ1) is 12.3. The first kappa shape index (κ1) is 15.5. The fourth-order valence-corrected chi connectivity index (χ4v) is 3.05. The number of anilines is 1. The molecule has 0 aliphatic carbocycles. The number of hydrogen-bond donors (Lipinski definition) is 0. The molecule has 25 heavy (non-hydrogen) atoms. The molecule has 0 atom stereocenters. The Labute approximate surface area is 146 Å². The van der Waals surface area contributed by atoms with Crippen molar-refractivity contribution in [3.05, 3.63) is 49.1 Å². The zero-order valence-corrected chi connectivity index (χ0v) is 14.1. The lowest BCUT2D eigenvalue weighted by atomic mass is 10.1. The van der Waals surface area contributed by atoms with Gasteiger partial charge in [-0.2, -0.15) is 0 Å². The Morgan fingerprint density at radius 2 is 1.92 bits per heavy atom. The first-order valence-electron chi connectivity index (χ1n) is 8.38. The van der Waals surface area contributed by atoms with E-state index < -0.39 is 0 Å². The second-order valence-corrected chi connectivity index (χ2v) is 5.95. The van der Waals surface area contributed by atoms with E-state index in [1.54, 1.807) is 19.5 Å². The monoisotopic (exact) mass is 333 g/mol. The molecule has 4 rings (SSSR count). The van der Waals surface area contributed by atoms with Gasteiger partial charge in [0.1, 0.15) is 11.4 Å². The van der Waals surface area contributed by atoms with Crippen LogP contribution >= 0.6 is 0 Å². The highest BCUT2D eigenvalue weighted by Gasteiger charge is 2.16. The molecule has 0 amide bonds. The third-order valence-corrected chi connectivity index (χ3v) is 4.34. The molecule has 6 heteroatoms. The van der Waals surface area contributed by atoms with Gasteiger partial charge in [0.2, 0.25) is 0 Å². The van der Waals surface area contributed by atoms with E-state index in [1.807, 2.05) is 30.6 Å². The average Bonchev–Trinajstić information content (AvgIpc) is 3.23. The first-order valence-corrected chi connectivity index (χ1v) is 8.38.